The van der Waals surface area contributed by atoms with Crippen molar-refractivity contribution in [1.29, 1.82) is 0 Å². The second-order valence-electron chi connectivity index (χ2n) is 3.27. The van der Waals surface area contributed by atoms with Gasteiger partial charge in [0.2, 0.25) is 0 Å². The van der Waals surface area contributed by atoms with Crippen LogP contribution in [0.5, 0.6) is 0 Å². The zero-order chi connectivity index (χ0) is 9.42. The average Bonchev–Trinajstić information content (AvgIpc) is 2.42. The Bertz CT molecular complexity index is 445. The Morgan fingerprint density at radius 1 is 1.46 bits per heavy atom. The van der Waals surface area contributed by atoms with Gasteiger partial charge < -0.3 is 4.57 Å². The summed E-state index contributed by atoms with van der Waals surface area (Å²) in [6.07, 6.45) is 4.10. The van der Waals surface area contributed by atoms with Crippen molar-refractivity contribution in [3.8, 4) is 0 Å². The maximum atomic E-state index is 4.44. The largest absolute Gasteiger partial charge is 0.335 e. The highest BCUT2D eigenvalue weighted by atomic mass is 31.1. The van der Waals surface area contributed by atoms with Gasteiger partial charge in [-0.05, 0) is 30.5 Å². The normalized spacial score (nSPS) is 11.9. The molecular formula is C10H13N2P. The third kappa shape index (κ3) is 1.36. The second kappa shape index (κ2) is 3.12. The fourth-order valence-corrected chi connectivity index (χ4v) is 2.07. The van der Waals surface area contributed by atoms with E-state index in [-0.39, 0.29) is 0 Å². The molecule has 0 aliphatic rings. The predicted octanol–water partition coefficient (Wildman–Crippen LogP) is 1.82. The van der Waals surface area contributed by atoms with E-state index in [0.29, 0.717) is 0 Å². The molecular weight excluding hydrogens is 179 g/mol. The average molecular weight is 192 g/mol. The maximum Gasteiger partial charge on any atom is 0.139 e. The van der Waals surface area contributed by atoms with E-state index in [9.17, 15) is 0 Å². The van der Waals surface area contributed by atoms with Crippen molar-refractivity contribution in [2.75, 3.05) is 6.66 Å². The first kappa shape index (κ1) is 8.71. The molecule has 2 aromatic rings. The standard InChI is InChI=1S/C10H13N2P/c1-7-6-12(2)10-9(7)4-8(13-3)5-11-10/h4-6,13H,1-3H3. The molecule has 0 saturated carbocycles. The van der Waals surface area contributed by atoms with Gasteiger partial charge in [0.05, 0.1) is 0 Å². The first-order valence-electron chi connectivity index (χ1n) is 4.32. The molecule has 0 aliphatic carbocycles. The summed E-state index contributed by atoms with van der Waals surface area (Å²) < 4.78 is 2.08. The van der Waals surface area contributed by atoms with Crippen LogP contribution in [-0.2, 0) is 7.05 Å². The summed E-state index contributed by atoms with van der Waals surface area (Å²) in [5.41, 5.74) is 2.39. The van der Waals surface area contributed by atoms with Crippen LogP contribution in [0.15, 0.2) is 18.5 Å². The molecule has 2 heterocycles. The zero-order valence-electron chi connectivity index (χ0n) is 8.13. The Morgan fingerprint density at radius 2 is 2.23 bits per heavy atom. The number of fused-ring (bicyclic) bond motifs is 1. The van der Waals surface area contributed by atoms with Gasteiger partial charge >= 0.3 is 0 Å². The van der Waals surface area contributed by atoms with Gasteiger partial charge in [0.25, 0.3) is 0 Å². The molecule has 2 nitrogen and oxygen atoms in total. The Kier molecular flexibility index (Phi) is 2.09. The van der Waals surface area contributed by atoms with E-state index in [2.05, 4.69) is 35.4 Å². The Balaban J connectivity index is 2.76. The van der Waals surface area contributed by atoms with Gasteiger partial charge in [0, 0.05) is 24.8 Å². The summed E-state index contributed by atoms with van der Waals surface area (Å²) >= 11 is 0. The fourth-order valence-electron chi connectivity index (χ4n) is 1.59. The summed E-state index contributed by atoms with van der Waals surface area (Å²) in [6, 6.07) is 2.25. The molecule has 2 rings (SSSR count). The van der Waals surface area contributed by atoms with Crippen LogP contribution in [-0.4, -0.2) is 16.2 Å². The number of pyridine rings is 1. The van der Waals surface area contributed by atoms with Gasteiger partial charge in [0.15, 0.2) is 0 Å². The molecule has 0 aromatic carbocycles. The smallest absolute Gasteiger partial charge is 0.139 e. The molecule has 0 saturated heterocycles. The third-order valence-electron chi connectivity index (χ3n) is 2.30. The molecule has 0 spiro atoms. The van der Waals surface area contributed by atoms with E-state index in [4.69, 9.17) is 0 Å². The Hall–Kier alpha value is -0.880. The Labute approximate surface area is 79.8 Å². The molecule has 0 N–H and O–H groups in total. The van der Waals surface area contributed by atoms with E-state index in [1.165, 1.54) is 16.3 Å². The van der Waals surface area contributed by atoms with Crippen LogP contribution < -0.4 is 5.30 Å². The number of hydrogen-bond donors (Lipinski definition) is 0. The lowest BCUT2D eigenvalue weighted by Crippen LogP contribution is -1.96. The lowest BCUT2D eigenvalue weighted by Gasteiger charge is -1.98. The minimum atomic E-state index is 0.827. The van der Waals surface area contributed by atoms with Crippen LogP contribution in [0, 0.1) is 6.92 Å². The minimum absolute atomic E-state index is 0.827. The quantitative estimate of drug-likeness (QED) is 0.630. The highest BCUT2D eigenvalue weighted by Crippen LogP contribution is 2.18. The molecule has 0 amide bonds. The van der Waals surface area contributed by atoms with Gasteiger partial charge in [-0.25, -0.2) is 4.98 Å². The molecule has 3 heteroatoms. The summed E-state index contributed by atoms with van der Waals surface area (Å²) in [7, 11) is 2.87. The number of aryl methyl sites for hydroxylation is 2. The number of nitrogens with zero attached hydrogens (tertiary/aromatic N) is 2. The van der Waals surface area contributed by atoms with Gasteiger partial charge in [-0.3, -0.25) is 0 Å². The van der Waals surface area contributed by atoms with Crippen LogP contribution in [0.4, 0.5) is 0 Å². The highest BCUT2D eigenvalue weighted by Gasteiger charge is 2.03. The van der Waals surface area contributed by atoms with Crippen LogP contribution in [0.25, 0.3) is 11.0 Å². The molecule has 2 aromatic heterocycles. The van der Waals surface area contributed by atoms with Crippen molar-refractivity contribution >= 4 is 24.9 Å². The summed E-state index contributed by atoms with van der Waals surface area (Å²) in [5, 5.41) is 2.62. The molecule has 0 aliphatic heterocycles. The summed E-state index contributed by atoms with van der Waals surface area (Å²) in [6.45, 7) is 4.31. The van der Waals surface area contributed by atoms with Crippen LogP contribution in [0.3, 0.4) is 0 Å². The lowest BCUT2D eigenvalue weighted by molar-refractivity contribution is 0.945. The maximum absolute atomic E-state index is 4.44. The number of rotatable bonds is 1. The first-order chi connectivity index (χ1) is 6.22. The van der Waals surface area contributed by atoms with E-state index in [0.717, 1.165) is 14.2 Å². The highest BCUT2D eigenvalue weighted by molar-refractivity contribution is 7.46. The first-order valence-corrected chi connectivity index (χ1v) is 5.82. The van der Waals surface area contributed by atoms with Gasteiger partial charge in [-0.1, -0.05) is 8.58 Å². The van der Waals surface area contributed by atoms with Crippen molar-refractivity contribution in [2.24, 2.45) is 7.05 Å². The van der Waals surface area contributed by atoms with Crippen molar-refractivity contribution in [3.63, 3.8) is 0 Å². The molecule has 1 unspecified atom stereocenters. The lowest BCUT2D eigenvalue weighted by atomic mass is 10.2. The monoisotopic (exact) mass is 192 g/mol. The molecule has 1 atom stereocenters. The van der Waals surface area contributed by atoms with Crippen LogP contribution >= 0.6 is 8.58 Å². The fraction of sp³-hybridized carbons (Fsp3) is 0.300. The van der Waals surface area contributed by atoms with E-state index in [1.54, 1.807) is 0 Å². The molecule has 0 fully saturated rings. The van der Waals surface area contributed by atoms with Gasteiger partial charge in [-0.2, -0.15) is 0 Å². The van der Waals surface area contributed by atoms with Crippen molar-refractivity contribution in [2.45, 2.75) is 6.92 Å². The van der Waals surface area contributed by atoms with E-state index in [1.807, 2.05) is 13.2 Å². The topological polar surface area (TPSA) is 17.8 Å². The van der Waals surface area contributed by atoms with Crippen LogP contribution in [0.1, 0.15) is 5.56 Å². The second-order valence-corrected chi connectivity index (χ2v) is 4.35. The summed E-state index contributed by atoms with van der Waals surface area (Å²) in [5.74, 6) is 0. The molecule has 68 valence electrons. The molecule has 0 bridgehead atoms. The van der Waals surface area contributed by atoms with Crippen molar-refractivity contribution in [1.82, 2.24) is 9.55 Å². The van der Waals surface area contributed by atoms with Crippen molar-refractivity contribution in [3.05, 3.63) is 24.0 Å². The number of aromatic nitrogens is 2. The number of hydrogen-bond acceptors (Lipinski definition) is 1. The summed E-state index contributed by atoms with van der Waals surface area (Å²) in [4.78, 5) is 4.44. The van der Waals surface area contributed by atoms with Crippen molar-refractivity contribution < 1.29 is 0 Å². The van der Waals surface area contributed by atoms with E-state index >= 15 is 0 Å². The Morgan fingerprint density at radius 3 is 2.92 bits per heavy atom. The van der Waals surface area contributed by atoms with E-state index < -0.39 is 0 Å². The minimum Gasteiger partial charge on any atom is -0.335 e. The molecule has 13 heavy (non-hydrogen) atoms. The zero-order valence-corrected chi connectivity index (χ0v) is 9.13. The SMILES string of the molecule is CPc1cnc2c(c1)c(C)cn2C. The van der Waals surface area contributed by atoms with Gasteiger partial charge in [0.1, 0.15) is 5.65 Å². The van der Waals surface area contributed by atoms with Gasteiger partial charge in [-0.15, -0.1) is 0 Å². The van der Waals surface area contributed by atoms with Crippen LogP contribution in [0.2, 0.25) is 0 Å². The molecule has 0 radical (unpaired) electrons. The predicted molar refractivity (Wildman–Crippen MR) is 59.3 cm³/mol. The third-order valence-corrected chi connectivity index (χ3v) is 3.15.